The van der Waals surface area contributed by atoms with Crippen LogP contribution in [0.1, 0.15) is 38.2 Å². The fourth-order valence-corrected chi connectivity index (χ4v) is 4.27. The van der Waals surface area contributed by atoms with E-state index < -0.39 is 90.6 Å². The summed E-state index contributed by atoms with van der Waals surface area (Å²) in [7, 11) is 1.37. The molecule has 1 aliphatic rings. The first-order valence-electron chi connectivity index (χ1n) is 14.5. The zero-order valence-corrected chi connectivity index (χ0v) is 25.7. The van der Waals surface area contributed by atoms with E-state index in [4.69, 9.17) is 5.73 Å². The van der Waals surface area contributed by atoms with Crippen molar-refractivity contribution < 1.29 is 48.6 Å². The van der Waals surface area contributed by atoms with Crippen molar-refractivity contribution in [3.63, 3.8) is 0 Å². The molecule has 5 atom stereocenters. The van der Waals surface area contributed by atoms with E-state index in [0.29, 0.717) is 5.56 Å². The lowest BCUT2D eigenvalue weighted by Crippen LogP contribution is -2.58. The molecule has 0 radical (unpaired) electrons. The van der Waals surface area contributed by atoms with E-state index in [2.05, 4.69) is 42.2 Å². The summed E-state index contributed by atoms with van der Waals surface area (Å²) in [6.07, 6.45) is -1.74. The third-order valence-corrected chi connectivity index (χ3v) is 6.75. The molecule has 1 fully saturated rings. The van der Waals surface area contributed by atoms with Gasteiger partial charge in [-0.25, -0.2) is 14.4 Å². The van der Waals surface area contributed by atoms with Crippen LogP contribution in [-0.4, -0.2) is 107 Å². The van der Waals surface area contributed by atoms with Crippen molar-refractivity contribution in [1.29, 1.82) is 0 Å². The van der Waals surface area contributed by atoms with Gasteiger partial charge in [-0.05, 0) is 25.3 Å². The Kier molecular flexibility index (Phi) is 14.6. The van der Waals surface area contributed by atoms with E-state index in [1.54, 1.807) is 30.3 Å². The number of benzene rings is 1. The molecule has 19 heteroatoms. The van der Waals surface area contributed by atoms with E-state index in [0.717, 1.165) is 0 Å². The molecular formula is C28H39N9O10. The highest BCUT2D eigenvalue weighted by Crippen LogP contribution is 2.08. The standard InChI is InChI=1S/C28H39N9O10/c1-14-22(40)34-16(9-6-10-31-27(29)37-28(47)30-2)23(41)35-17(11-15-7-4-3-5-8-15)24(42)36-19(26(45)46)13-21(39)33-18(25(43)44)12-20(38)32-14/h3-5,7-8,14,16-19H,6,9-13H2,1-2H3,(H,32,38)(H,33,39)(H,34,40)(H,35,41)(H,36,42)(H,43,44)(H,45,46)(H4,29,30,31,37,47)/t14-,16?,17?,18+,19+/m1/s1. The lowest BCUT2D eigenvalue weighted by Gasteiger charge is -2.25. The van der Waals surface area contributed by atoms with Gasteiger partial charge in [0.25, 0.3) is 0 Å². The number of nitrogens with two attached hydrogens (primary N) is 1. The van der Waals surface area contributed by atoms with Gasteiger partial charge >= 0.3 is 18.0 Å². The van der Waals surface area contributed by atoms with Gasteiger partial charge in [-0.2, -0.15) is 0 Å². The number of nitrogens with zero attached hydrogens (tertiary/aromatic N) is 1. The topological polar surface area (TPSA) is 300 Å². The Bertz CT molecular complexity index is 1370. The summed E-state index contributed by atoms with van der Waals surface area (Å²) >= 11 is 0. The maximum Gasteiger partial charge on any atom is 0.326 e. The molecule has 0 saturated carbocycles. The van der Waals surface area contributed by atoms with Gasteiger partial charge in [0.15, 0.2) is 5.96 Å². The van der Waals surface area contributed by atoms with Gasteiger partial charge in [-0.15, -0.1) is 0 Å². The average molecular weight is 662 g/mol. The number of nitrogens with one attached hydrogen (secondary N) is 7. The fraction of sp³-hybridized carbons (Fsp3) is 0.464. The number of carbonyl (C=O) groups excluding carboxylic acids is 6. The van der Waals surface area contributed by atoms with Crippen LogP contribution in [0.15, 0.2) is 35.3 Å². The van der Waals surface area contributed by atoms with Crippen molar-refractivity contribution in [2.24, 2.45) is 10.7 Å². The number of hydrogen-bond donors (Lipinski definition) is 10. The summed E-state index contributed by atoms with van der Waals surface area (Å²) in [6, 6.07) is 0.208. The second kappa shape index (κ2) is 18.3. The number of carboxylic acid groups (broad SMARTS) is 2. The molecule has 0 aliphatic carbocycles. The van der Waals surface area contributed by atoms with Crippen LogP contribution >= 0.6 is 0 Å². The van der Waals surface area contributed by atoms with Crippen molar-refractivity contribution in [3.05, 3.63) is 35.9 Å². The molecule has 1 heterocycles. The lowest BCUT2D eigenvalue weighted by atomic mass is 10.0. The van der Waals surface area contributed by atoms with Crippen LogP contribution in [0.5, 0.6) is 0 Å². The Morgan fingerprint density at radius 2 is 1.38 bits per heavy atom. The quantitative estimate of drug-likeness (QED) is 0.0746. The molecule has 256 valence electrons. The van der Waals surface area contributed by atoms with E-state index in [-0.39, 0.29) is 31.8 Å². The number of aliphatic carboxylic acids is 2. The van der Waals surface area contributed by atoms with Crippen LogP contribution in [0.2, 0.25) is 0 Å². The highest BCUT2D eigenvalue weighted by Gasteiger charge is 2.33. The molecule has 19 nitrogen and oxygen atoms in total. The highest BCUT2D eigenvalue weighted by molar-refractivity contribution is 5.97. The van der Waals surface area contributed by atoms with Gasteiger partial charge in [-0.1, -0.05) is 30.3 Å². The van der Waals surface area contributed by atoms with Gasteiger partial charge in [0.05, 0.1) is 12.8 Å². The van der Waals surface area contributed by atoms with Crippen LogP contribution < -0.4 is 43.0 Å². The smallest absolute Gasteiger partial charge is 0.326 e. The van der Waals surface area contributed by atoms with E-state index in [1.807, 2.05) is 0 Å². The van der Waals surface area contributed by atoms with Gasteiger partial charge in [0.2, 0.25) is 29.5 Å². The number of carboxylic acids is 2. The van der Waals surface area contributed by atoms with Crippen molar-refractivity contribution in [2.45, 2.75) is 69.2 Å². The Hall–Kier alpha value is -5.75. The van der Waals surface area contributed by atoms with Crippen LogP contribution in [0, 0.1) is 0 Å². The first kappa shape index (κ1) is 37.4. The number of amides is 7. The average Bonchev–Trinajstić information content (AvgIpc) is 3.01. The molecule has 2 rings (SSSR count). The molecule has 0 bridgehead atoms. The summed E-state index contributed by atoms with van der Waals surface area (Å²) < 4.78 is 0. The maximum atomic E-state index is 13.6. The third-order valence-electron chi connectivity index (χ3n) is 6.75. The third kappa shape index (κ3) is 13.0. The Balaban J connectivity index is 2.43. The van der Waals surface area contributed by atoms with Crippen LogP contribution in [0.4, 0.5) is 4.79 Å². The predicted molar refractivity (Wildman–Crippen MR) is 163 cm³/mol. The first-order chi connectivity index (χ1) is 22.2. The van der Waals surface area contributed by atoms with Gasteiger partial charge in [0, 0.05) is 20.0 Å². The normalized spacial score (nSPS) is 23.5. The van der Waals surface area contributed by atoms with E-state index >= 15 is 0 Å². The van der Waals surface area contributed by atoms with Gasteiger partial charge in [-0.3, -0.25) is 34.3 Å². The van der Waals surface area contributed by atoms with Crippen molar-refractivity contribution in [1.82, 2.24) is 37.2 Å². The zero-order chi connectivity index (χ0) is 35.1. The molecule has 7 amide bonds. The van der Waals surface area contributed by atoms with Gasteiger partial charge in [0.1, 0.15) is 30.2 Å². The number of carbonyl (C=O) groups is 8. The van der Waals surface area contributed by atoms with E-state index in [9.17, 15) is 48.6 Å². The predicted octanol–water partition coefficient (Wildman–Crippen LogP) is -3.34. The summed E-state index contributed by atoms with van der Waals surface area (Å²) in [4.78, 5) is 104. The second-order valence-corrected chi connectivity index (χ2v) is 10.5. The maximum absolute atomic E-state index is 13.6. The Labute approximate surface area is 268 Å². The molecule has 11 N–H and O–H groups in total. The van der Waals surface area contributed by atoms with Crippen molar-refractivity contribution in [3.8, 4) is 0 Å². The monoisotopic (exact) mass is 661 g/mol. The number of urea groups is 1. The fourth-order valence-electron chi connectivity index (χ4n) is 4.27. The molecule has 47 heavy (non-hydrogen) atoms. The Morgan fingerprint density at radius 3 is 1.98 bits per heavy atom. The Morgan fingerprint density at radius 1 is 0.830 bits per heavy atom. The SMILES string of the molecule is CNC(=O)NC(N)=NCCCC1NC(=O)[C@@H](C)NC(=O)C[C@@H](C(=O)O)NC(=O)C[C@@H](C(=O)O)NC(=O)C(Cc2ccccc2)NC1=O. The molecule has 1 aromatic carbocycles. The second-order valence-electron chi connectivity index (χ2n) is 10.5. The first-order valence-corrected chi connectivity index (χ1v) is 14.5. The van der Waals surface area contributed by atoms with Crippen LogP contribution in [0.3, 0.4) is 0 Å². The number of hydrogen-bond acceptors (Lipinski definition) is 9. The number of aliphatic imine (C=N–C) groups is 1. The minimum Gasteiger partial charge on any atom is -0.480 e. The zero-order valence-electron chi connectivity index (χ0n) is 25.7. The largest absolute Gasteiger partial charge is 0.480 e. The molecule has 1 aliphatic heterocycles. The summed E-state index contributed by atoms with van der Waals surface area (Å²) in [5, 5.41) is 35.4. The molecule has 2 unspecified atom stereocenters. The van der Waals surface area contributed by atoms with Crippen molar-refractivity contribution in [2.75, 3.05) is 13.6 Å². The summed E-state index contributed by atoms with van der Waals surface area (Å²) in [5.41, 5.74) is 6.23. The minimum atomic E-state index is -1.83. The molecule has 0 spiro atoms. The summed E-state index contributed by atoms with van der Waals surface area (Å²) in [6.45, 7) is 1.29. The van der Waals surface area contributed by atoms with Gasteiger partial charge < -0.3 is 47.8 Å². The van der Waals surface area contributed by atoms with Crippen LogP contribution in [-0.2, 0) is 40.0 Å². The lowest BCUT2D eigenvalue weighted by molar-refractivity contribution is -0.145. The molecule has 1 aromatic rings. The number of guanidine groups is 1. The number of rotatable bonds is 8. The molecular weight excluding hydrogens is 622 g/mol. The van der Waals surface area contributed by atoms with E-state index in [1.165, 1.54) is 14.0 Å². The van der Waals surface area contributed by atoms with Crippen LogP contribution in [0.25, 0.3) is 0 Å². The van der Waals surface area contributed by atoms with Crippen molar-refractivity contribution >= 4 is 53.5 Å². The molecule has 0 aromatic heterocycles. The highest BCUT2D eigenvalue weighted by atomic mass is 16.4. The molecule has 1 saturated heterocycles. The minimum absolute atomic E-state index is 0.00753. The summed E-state index contributed by atoms with van der Waals surface area (Å²) in [5.74, 6) is -8.11.